The predicted octanol–water partition coefficient (Wildman–Crippen LogP) is 2.53. The second kappa shape index (κ2) is 3.53. The molecule has 0 bridgehead atoms. The highest BCUT2D eigenvalue weighted by Gasteiger charge is 2.07. The molecule has 0 saturated carbocycles. The quantitative estimate of drug-likeness (QED) is 0.476. The lowest BCUT2D eigenvalue weighted by molar-refractivity contribution is 0.112. The van der Waals surface area contributed by atoms with Gasteiger partial charge >= 0.3 is 0 Å². The van der Waals surface area contributed by atoms with E-state index in [2.05, 4.69) is 12.6 Å². The van der Waals surface area contributed by atoms with Crippen molar-refractivity contribution in [1.82, 2.24) is 0 Å². The molecule has 0 saturated heterocycles. The van der Waals surface area contributed by atoms with Gasteiger partial charge < -0.3 is 0 Å². The van der Waals surface area contributed by atoms with Crippen molar-refractivity contribution in [2.45, 2.75) is 4.90 Å². The Morgan fingerprint density at radius 2 is 2.18 bits per heavy atom. The molecule has 0 atom stereocenters. The average molecular weight is 282 g/mol. The number of benzene rings is 1. The average Bonchev–Trinajstić information content (AvgIpc) is 2.01. The maximum atomic E-state index is 12.9. The molecule has 0 radical (unpaired) electrons. The zero-order valence-corrected chi connectivity index (χ0v) is 8.40. The monoisotopic (exact) mass is 282 g/mol. The number of hydrogen-bond donors (Lipinski definition) is 1. The molecule has 0 aliphatic rings. The summed E-state index contributed by atoms with van der Waals surface area (Å²) in [6.07, 6.45) is 0.623. The van der Waals surface area contributed by atoms with E-state index in [-0.39, 0.29) is 4.90 Å². The minimum Gasteiger partial charge on any atom is -0.298 e. The molecular formula is C7H4FIOS. The van der Waals surface area contributed by atoms with Crippen molar-refractivity contribution >= 4 is 41.5 Å². The van der Waals surface area contributed by atoms with E-state index in [1.807, 2.05) is 0 Å². The van der Waals surface area contributed by atoms with Gasteiger partial charge in [-0.05, 0) is 34.7 Å². The predicted molar refractivity (Wildman–Crippen MR) is 51.8 cm³/mol. The highest BCUT2D eigenvalue weighted by Crippen LogP contribution is 2.20. The van der Waals surface area contributed by atoms with Gasteiger partial charge in [0.25, 0.3) is 0 Å². The maximum Gasteiger partial charge on any atom is 0.151 e. The molecule has 0 fully saturated rings. The van der Waals surface area contributed by atoms with E-state index in [1.165, 1.54) is 6.07 Å². The summed E-state index contributed by atoms with van der Waals surface area (Å²) < 4.78 is 13.3. The minimum atomic E-state index is -0.432. The summed E-state index contributed by atoms with van der Waals surface area (Å²) >= 11 is 5.63. The largest absolute Gasteiger partial charge is 0.298 e. The standard InChI is InChI=1S/C7H4FIOS/c8-6-5(11)2-1-4(3-10)7(6)9/h1-3,11H. The van der Waals surface area contributed by atoms with Crippen LogP contribution < -0.4 is 0 Å². The lowest BCUT2D eigenvalue weighted by Gasteiger charge is -1.99. The maximum absolute atomic E-state index is 12.9. The van der Waals surface area contributed by atoms with E-state index in [0.29, 0.717) is 15.4 Å². The summed E-state index contributed by atoms with van der Waals surface area (Å²) in [5, 5.41) is 0. The van der Waals surface area contributed by atoms with Crippen molar-refractivity contribution in [3.8, 4) is 0 Å². The smallest absolute Gasteiger partial charge is 0.151 e. The molecule has 1 aromatic carbocycles. The van der Waals surface area contributed by atoms with Crippen LogP contribution in [0, 0.1) is 9.39 Å². The molecule has 1 nitrogen and oxygen atoms in total. The fourth-order valence-corrected chi connectivity index (χ4v) is 1.64. The van der Waals surface area contributed by atoms with Crippen LogP contribution >= 0.6 is 35.2 Å². The Labute approximate surface area is 82.5 Å². The molecule has 4 heteroatoms. The van der Waals surface area contributed by atoms with E-state index >= 15 is 0 Å². The van der Waals surface area contributed by atoms with Gasteiger partial charge in [0.1, 0.15) is 0 Å². The Kier molecular flexibility index (Phi) is 2.89. The molecule has 0 aliphatic carbocycles. The molecular weight excluding hydrogens is 278 g/mol. The fourth-order valence-electron chi connectivity index (χ4n) is 0.645. The zero-order chi connectivity index (χ0) is 8.43. The number of halogens is 2. The highest BCUT2D eigenvalue weighted by molar-refractivity contribution is 14.1. The Hall–Kier alpha value is -0.100. The van der Waals surface area contributed by atoms with Crippen LogP contribution in [0.4, 0.5) is 4.39 Å². The van der Waals surface area contributed by atoms with E-state index in [1.54, 1.807) is 28.7 Å². The Morgan fingerprint density at radius 3 is 2.73 bits per heavy atom. The van der Waals surface area contributed by atoms with Gasteiger partial charge in [0.15, 0.2) is 12.1 Å². The molecule has 1 aromatic rings. The van der Waals surface area contributed by atoms with Gasteiger partial charge in [-0.15, -0.1) is 12.6 Å². The summed E-state index contributed by atoms with van der Waals surface area (Å²) in [5.41, 5.74) is 0.362. The lowest BCUT2D eigenvalue weighted by atomic mass is 10.2. The Balaban J connectivity index is 3.36. The molecule has 0 N–H and O–H groups in total. The SMILES string of the molecule is O=Cc1ccc(S)c(F)c1I. The number of rotatable bonds is 1. The van der Waals surface area contributed by atoms with Crippen molar-refractivity contribution in [1.29, 1.82) is 0 Å². The highest BCUT2D eigenvalue weighted by atomic mass is 127. The molecule has 0 unspecified atom stereocenters. The number of carbonyl (C=O) groups is 1. The van der Waals surface area contributed by atoms with Gasteiger partial charge in [0, 0.05) is 10.5 Å². The third kappa shape index (κ3) is 1.73. The Morgan fingerprint density at radius 1 is 1.55 bits per heavy atom. The summed E-state index contributed by atoms with van der Waals surface area (Å²) in [6.45, 7) is 0. The molecule has 11 heavy (non-hydrogen) atoms. The van der Waals surface area contributed by atoms with Crippen LogP contribution in [-0.2, 0) is 0 Å². The Bertz CT molecular complexity index is 301. The first-order chi connectivity index (χ1) is 5.16. The molecule has 0 amide bonds. The molecule has 0 aliphatic heterocycles. The normalized spacial score (nSPS) is 9.73. The van der Waals surface area contributed by atoms with E-state index in [0.717, 1.165) is 0 Å². The number of thiol groups is 1. The molecule has 1 rings (SSSR count). The number of hydrogen-bond acceptors (Lipinski definition) is 2. The number of carbonyl (C=O) groups excluding carboxylic acids is 1. The second-order valence-corrected chi connectivity index (χ2v) is 3.48. The first-order valence-electron chi connectivity index (χ1n) is 2.79. The topological polar surface area (TPSA) is 17.1 Å². The van der Waals surface area contributed by atoms with Crippen LogP contribution in [0.5, 0.6) is 0 Å². The van der Waals surface area contributed by atoms with Crippen molar-refractivity contribution in [2.75, 3.05) is 0 Å². The van der Waals surface area contributed by atoms with Crippen molar-refractivity contribution in [3.63, 3.8) is 0 Å². The van der Waals surface area contributed by atoms with E-state index in [9.17, 15) is 9.18 Å². The first-order valence-corrected chi connectivity index (χ1v) is 4.31. The van der Waals surface area contributed by atoms with Crippen LogP contribution in [0.2, 0.25) is 0 Å². The van der Waals surface area contributed by atoms with Crippen LogP contribution in [0.25, 0.3) is 0 Å². The molecule has 58 valence electrons. The summed E-state index contributed by atoms with van der Waals surface area (Å²) in [4.78, 5) is 10.6. The van der Waals surface area contributed by atoms with Gasteiger partial charge in [0.2, 0.25) is 0 Å². The van der Waals surface area contributed by atoms with Gasteiger partial charge in [-0.1, -0.05) is 0 Å². The number of aldehydes is 1. The fraction of sp³-hybridized carbons (Fsp3) is 0. The molecule has 0 heterocycles. The van der Waals surface area contributed by atoms with E-state index in [4.69, 9.17) is 0 Å². The van der Waals surface area contributed by atoms with Crippen molar-refractivity contribution in [3.05, 3.63) is 27.1 Å². The van der Waals surface area contributed by atoms with Crippen LogP contribution in [-0.4, -0.2) is 6.29 Å². The van der Waals surface area contributed by atoms with Crippen LogP contribution in [0.3, 0.4) is 0 Å². The third-order valence-electron chi connectivity index (χ3n) is 1.22. The van der Waals surface area contributed by atoms with Crippen molar-refractivity contribution < 1.29 is 9.18 Å². The molecule has 0 spiro atoms. The molecule has 0 aromatic heterocycles. The second-order valence-electron chi connectivity index (χ2n) is 1.92. The third-order valence-corrected chi connectivity index (χ3v) is 2.66. The van der Waals surface area contributed by atoms with Gasteiger partial charge in [-0.25, -0.2) is 4.39 Å². The van der Waals surface area contributed by atoms with Crippen molar-refractivity contribution in [2.24, 2.45) is 0 Å². The summed E-state index contributed by atoms with van der Waals surface area (Å²) in [5.74, 6) is -0.432. The van der Waals surface area contributed by atoms with E-state index < -0.39 is 5.82 Å². The van der Waals surface area contributed by atoms with Gasteiger partial charge in [-0.3, -0.25) is 4.79 Å². The summed E-state index contributed by atoms with van der Waals surface area (Å²) in [7, 11) is 0. The van der Waals surface area contributed by atoms with Crippen LogP contribution in [0.15, 0.2) is 17.0 Å². The minimum absolute atomic E-state index is 0.264. The van der Waals surface area contributed by atoms with Crippen LogP contribution in [0.1, 0.15) is 10.4 Å². The van der Waals surface area contributed by atoms with Gasteiger partial charge in [-0.2, -0.15) is 0 Å². The zero-order valence-electron chi connectivity index (χ0n) is 5.34. The van der Waals surface area contributed by atoms with Gasteiger partial charge in [0.05, 0.1) is 3.57 Å². The first kappa shape index (κ1) is 8.99. The lowest BCUT2D eigenvalue weighted by Crippen LogP contribution is -1.91. The summed E-state index contributed by atoms with van der Waals surface area (Å²) in [6, 6.07) is 3.00.